The van der Waals surface area contributed by atoms with E-state index in [2.05, 4.69) is 6.92 Å². The number of phenols is 1. The predicted molar refractivity (Wildman–Crippen MR) is 87.0 cm³/mol. The first-order chi connectivity index (χ1) is 11.0. The van der Waals surface area contributed by atoms with Gasteiger partial charge in [0.2, 0.25) is 0 Å². The van der Waals surface area contributed by atoms with Crippen LogP contribution in [0, 0.1) is 0 Å². The van der Waals surface area contributed by atoms with Gasteiger partial charge >= 0.3 is 0 Å². The van der Waals surface area contributed by atoms with E-state index in [1.165, 1.54) is 0 Å². The van der Waals surface area contributed by atoms with Crippen molar-refractivity contribution in [3.63, 3.8) is 0 Å². The van der Waals surface area contributed by atoms with E-state index in [-0.39, 0.29) is 24.7 Å². The van der Waals surface area contributed by atoms with Crippen LogP contribution in [-0.2, 0) is 11.3 Å². The van der Waals surface area contributed by atoms with Gasteiger partial charge in [0.05, 0.1) is 31.0 Å². The number of hydrogen-bond acceptors (Lipinski definition) is 5. The maximum atomic E-state index is 10.2. The van der Waals surface area contributed by atoms with Crippen molar-refractivity contribution in [2.45, 2.75) is 76.5 Å². The Hall–Kier alpha value is -1.14. The second-order valence-corrected chi connectivity index (χ2v) is 6.40. The smallest absolute Gasteiger partial charge is 0.121 e. The Labute approximate surface area is 137 Å². The lowest BCUT2D eigenvalue weighted by molar-refractivity contribution is -0.0476. The quantitative estimate of drug-likeness (QED) is 0.524. The number of aliphatic hydroxyl groups excluding tert-OH is 3. The molecule has 1 heterocycles. The molecule has 1 aromatic rings. The topological polar surface area (TPSA) is 90.2 Å². The zero-order valence-corrected chi connectivity index (χ0v) is 13.7. The number of ether oxygens (including phenoxy) is 1. The first-order valence-corrected chi connectivity index (χ1v) is 8.49. The highest BCUT2D eigenvalue weighted by molar-refractivity contribution is 5.42. The van der Waals surface area contributed by atoms with Crippen molar-refractivity contribution in [1.82, 2.24) is 0 Å². The van der Waals surface area contributed by atoms with Crippen LogP contribution in [0.25, 0.3) is 0 Å². The summed E-state index contributed by atoms with van der Waals surface area (Å²) in [4.78, 5) is 0. The molecule has 0 saturated heterocycles. The van der Waals surface area contributed by atoms with Gasteiger partial charge in [-0.3, -0.25) is 0 Å². The Bertz CT molecular complexity index is 490. The molecule has 23 heavy (non-hydrogen) atoms. The van der Waals surface area contributed by atoms with Crippen molar-refractivity contribution in [3.8, 4) is 5.75 Å². The molecule has 5 nitrogen and oxygen atoms in total. The molecule has 0 saturated carbocycles. The van der Waals surface area contributed by atoms with Gasteiger partial charge in [-0.2, -0.15) is 0 Å². The predicted octanol–water partition coefficient (Wildman–Crippen LogP) is 2.41. The fourth-order valence-electron chi connectivity index (χ4n) is 3.08. The lowest BCUT2D eigenvalue weighted by atomic mass is 9.95. The SMILES string of the molecule is CCCCCC(O)CC(O)C(O)CC1OCc2c(O)cccc21. The van der Waals surface area contributed by atoms with Gasteiger partial charge in [-0.15, -0.1) is 0 Å². The summed E-state index contributed by atoms with van der Waals surface area (Å²) >= 11 is 0. The molecule has 0 aromatic heterocycles. The summed E-state index contributed by atoms with van der Waals surface area (Å²) in [5.41, 5.74) is 1.61. The van der Waals surface area contributed by atoms with Gasteiger partial charge in [-0.1, -0.05) is 38.3 Å². The van der Waals surface area contributed by atoms with Crippen molar-refractivity contribution < 1.29 is 25.2 Å². The van der Waals surface area contributed by atoms with E-state index in [4.69, 9.17) is 4.74 Å². The molecule has 4 unspecified atom stereocenters. The molecule has 1 aliphatic heterocycles. The highest BCUT2D eigenvalue weighted by atomic mass is 16.5. The normalized spacial score (nSPS) is 21.0. The highest BCUT2D eigenvalue weighted by Gasteiger charge is 2.30. The van der Waals surface area contributed by atoms with Crippen molar-refractivity contribution in [2.24, 2.45) is 0 Å². The zero-order chi connectivity index (χ0) is 16.8. The molecule has 0 spiro atoms. The number of benzene rings is 1. The number of hydrogen-bond donors (Lipinski definition) is 4. The van der Waals surface area contributed by atoms with Crippen LogP contribution in [0.4, 0.5) is 0 Å². The Balaban J connectivity index is 1.83. The van der Waals surface area contributed by atoms with Gasteiger partial charge in [-0.05, 0) is 18.1 Å². The van der Waals surface area contributed by atoms with E-state index in [1.807, 2.05) is 6.07 Å². The molecule has 0 bridgehead atoms. The van der Waals surface area contributed by atoms with Gasteiger partial charge in [0.25, 0.3) is 0 Å². The molecule has 4 N–H and O–H groups in total. The van der Waals surface area contributed by atoms with E-state index < -0.39 is 18.3 Å². The van der Waals surface area contributed by atoms with Gasteiger partial charge < -0.3 is 25.2 Å². The zero-order valence-electron chi connectivity index (χ0n) is 13.7. The van der Waals surface area contributed by atoms with Gasteiger partial charge in [0.1, 0.15) is 5.75 Å². The number of aromatic hydroxyl groups is 1. The first kappa shape index (κ1) is 18.2. The van der Waals surface area contributed by atoms with Gasteiger partial charge in [0.15, 0.2) is 0 Å². The summed E-state index contributed by atoms with van der Waals surface area (Å²) in [6.07, 6.45) is 1.28. The van der Waals surface area contributed by atoms with Gasteiger partial charge in [0, 0.05) is 18.4 Å². The third-order valence-electron chi connectivity index (χ3n) is 4.52. The van der Waals surface area contributed by atoms with Gasteiger partial charge in [-0.25, -0.2) is 0 Å². The first-order valence-electron chi connectivity index (χ1n) is 8.49. The van der Waals surface area contributed by atoms with E-state index in [1.54, 1.807) is 12.1 Å². The number of unbranched alkanes of at least 4 members (excludes halogenated alkanes) is 2. The molecule has 2 rings (SSSR count). The van der Waals surface area contributed by atoms with Crippen LogP contribution in [-0.4, -0.2) is 38.7 Å². The molecule has 130 valence electrons. The van der Waals surface area contributed by atoms with E-state index in [9.17, 15) is 20.4 Å². The molecule has 0 amide bonds. The number of rotatable bonds is 9. The van der Waals surface area contributed by atoms with Crippen molar-refractivity contribution in [2.75, 3.05) is 0 Å². The Morgan fingerprint density at radius 1 is 1.17 bits per heavy atom. The minimum absolute atomic E-state index is 0.171. The Kier molecular flexibility index (Phi) is 6.84. The summed E-state index contributed by atoms with van der Waals surface area (Å²) < 4.78 is 5.62. The largest absolute Gasteiger partial charge is 0.508 e. The number of phenolic OH excluding ortho intramolecular Hbond substituents is 1. The van der Waals surface area contributed by atoms with Crippen LogP contribution in [0.2, 0.25) is 0 Å². The average molecular weight is 324 g/mol. The van der Waals surface area contributed by atoms with Crippen LogP contribution < -0.4 is 0 Å². The molecule has 1 aromatic carbocycles. The molecule has 0 fully saturated rings. The van der Waals surface area contributed by atoms with E-state index in [0.717, 1.165) is 30.4 Å². The number of aliphatic hydroxyl groups is 3. The monoisotopic (exact) mass is 324 g/mol. The van der Waals surface area contributed by atoms with Crippen molar-refractivity contribution >= 4 is 0 Å². The van der Waals surface area contributed by atoms with Crippen LogP contribution >= 0.6 is 0 Å². The molecular formula is C18H28O5. The van der Waals surface area contributed by atoms with Crippen LogP contribution in [0.5, 0.6) is 5.75 Å². The second-order valence-electron chi connectivity index (χ2n) is 6.40. The fourth-order valence-corrected chi connectivity index (χ4v) is 3.08. The van der Waals surface area contributed by atoms with Crippen LogP contribution in [0.1, 0.15) is 62.7 Å². The van der Waals surface area contributed by atoms with Crippen molar-refractivity contribution in [1.29, 1.82) is 0 Å². The third kappa shape index (κ3) is 4.91. The minimum Gasteiger partial charge on any atom is -0.508 e. The lowest BCUT2D eigenvalue weighted by Crippen LogP contribution is -2.31. The summed E-state index contributed by atoms with van der Waals surface area (Å²) in [5, 5.41) is 40.0. The summed E-state index contributed by atoms with van der Waals surface area (Å²) in [6.45, 7) is 2.41. The molecule has 4 atom stereocenters. The second kappa shape index (κ2) is 8.64. The summed E-state index contributed by atoms with van der Waals surface area (Å²) in [6, 6.07) is 5.23. The van der Waals surface area contributed by atoms with E-state index in [0.29, 0.717) is 13.0 Å². The van der Waals surface area contributed by atoms with Crippen LogP contribution in [0.3, 0.4) is 0 Å². The molecule has 5 heteroatoms. The highest BCUT2D eigenvalue weighted by Crippen LogP contribution is 2.38. The third-order valence-corrected chi connectivity index (χ3v) is 4.52. The number of fused-ring (bicyclic) bond motifs is 1. The van der Waals surface area contributed by atoms with E-state index >= 15 is 0 Å². The Morgan fingerprint density at radius 2 is 1.96 bits per heavy atom. The molecule has 1 aliphatic rings. The van der Waals surface area contributed by atoms with Crippen molar-refractivity contribution in [3.05, 3.63) is 29.3 Å². The average Bonchev–Trinajstić information content (AvgIpc) is 2.92. The fraction of sp³-hybridized carbons (Fsp3) is 0.667. The molecule has 0 aliphatic carbocycles. The molecule has 0 radical (unpaired) electrons. The molecular weight excluding hydrogens is 296 g/mol. The standard InChI is InChI=1S/C18H28O5/c1-2-3-4-6-12(19)9-16(21)17(22)10-18-13-7-5-8-15(20)14(13)11-23-18/h5,7-8,12,16-22H,2-4,6,9-11H2,1H3. The summed E-state index contributed by atoms with van der Waals surface area (Å²) in [7, 11) is 0. The lowest BCUT2D eigenvalue weighted by Gasteiger charge is -2.23. The van der Waals surface area contributed by atoms with Crippen LogP contribution in [0.15, 0.2) is 18.2 Å². The maximum Gasteiger partial charge on any atom is 0.121 e. The maximum absolute atomic E-state index is 10.2. The Morgan fingerprint density at radius 3 is 2.70 bits per heavy atom. The summed E-state index contributed by atoms with van der Waals surface area (Å²) in [5.74, 6) is 0.200. The minimum atomic E-state index is -0.975.